The van der Waals surface area contributed by atoms with Crippen LogP contribution < -0.4 is 19.9 Å². The molecular weight excluding hydrogens is 354 g/mol. The molecule has 142 valence electrons. The minimum absolute atomic E-state index is 0.131. The molecule has 0 aliphatic rings. The molecule has 1 heterocycles. The van der Waals surface area contributed by atoms with Crippen molar-refractivity contribution in [3.8, 4) is 17.8 Å². The van der Waals surface area contributed by atoms with Crippen LogP contribution in [0.2, 0.25) is 0 Å². The van der Waals surface area contributed by atoms with Crippen molar-refractivity contribution in [1.82, 2.24) is 9.97 Å². The van der Waals surface area contributed by atoms with E-state index in [0.717, 1.165) is 6.26 Å². The molecule has 2 unspecified atom stereocenters. The molecule has 0 fully saturated rings. The number of primary amides is 1. The van der Waals surface area contributed by atoms with Gasteiger partial charge >= 0.3 is 6.01 Å². The van der Waals surface area contributed by atoms with Crippen LogP contribution in [0.4, 0.5) is 0 Å². The predicted octanol–water partition coefficient (Wildman–Crippen LogP) is -0.434. The lowest BCUT2D eigenvalue weighted by atomic mass is 10.0. The molecule has 0 aliphatic carbocycles. The highest BCUT2D eigenvalue weighted by Gasteiger charge is 2.44. The zero-order valence-corrected chi connectivity index (χ0v) is 15.6. The lowest BCUT2D eigenvalue weighted by Crippen LogP contribution is -2.56. The molecule has 0 saturated carbocycles. The number of ether oxygens (including phenoxy) is 4. The van der Waals surface area contributed by atoms with E-state index in [1.165, 1.54) is 27.2 Å². The maximum absolute atomic E-state index is 11.9. The summed E-state index contributed by atoms with van der Waals surface area (Å²) in [5.74, 6) is -1.15. The molecule has 0 bridgehead atoms. The van der Waals surface area contributed by atoms with Crippen LogP contribution in [0.5, 0.6) is 17.8 Å². The third-order valence-electron chi connectivity index (χ3n) is 3.14. The monoisotopic (exact) mass is 377 g/mol. The first-order chi connectivity index (χ1) is 11.5. The van der Waals surface area contributed by atoms with Gasteiger partial charge in [0.25, 0.3) is 5.91 Å². The third-order valence-corrected chi connectivity index (χ3v) is 4.23. The Hall–Kier alpha value is -2.14. The first kappa shape index (κ1) is 20.9. The third kappa shape index (κ3) is 6.02. The van der Waals surface area contributed by atoms with E-state index >= 15 is 0 Å². The number of nitrogens with two attached hydrogens (primary N) is 1. The van der Waals surface area contributed by atoms with Crippen molar-refractivity contribution in [2.45, 2.75) is 25.6 Å². The Bertz CT molecular complexity index is 688. The molecule has 2 N–H and O–H groups in total. The molecule has 1 rings (SSSR count). The average Bonchev–Trinajstić information content (AvgIpc) is 2.50. The summed E-state index contributed by atoms with van der Waals surface area (Å²) in [6, 6.07) is 1.14. The Balaban J connectivity index is 3.28. The number of hydrogen-bond acceptors (Lipinski definition) is 9. The highest BCUT2D eigenvalue weighted by molar-refractivity contribution is 7.90. The van der Waals surface area contributed by atoms with Crippen LogP contribution in [0.3, 0.4) is 0 Å². The van der Waals surface area contributed by atoms with Gasteiger partial charge in [-0.25, -0.2) is 8.42 Å². The van der Waals surface area contributed by atoms with Crippen molar-refractivity contribution in [3.05, 3.63) is 6.07 Å². The summed E-state index contributed by atoms with van der Waals surface area (Å²) in [4.78, 5) is 19.8. The number of carbonyl (C=O) groups excluding carboxylic acids is 1. The molecular formula is C14H23N3O7S. The van der Waals surface area contributed by atoms with Gasteiger partial charge in [-0.15, -0.1) is 0 Å². The maximum atomic E-state index is 11.9. The number of sulfone groups is 1. The van der Waals surface area contributed by atoms with Gasteiger partial charge in [0, 0.05) is 12.9 Å². The smallest absolute Gasteiger partial charge is 0.323 e. The van der Waals surface area contributed by atoms with Crippen LogP contribution in [-0.2, 0) is 19.4 Å². The molecule has 1 aromatic heterocycles. The summed E-state index contributed by atoms with van der Waals surface area (Å²) < 4.78 is 44.5. The molecule has 11 heteroatoms. The number of hydrogen-bond donors (Lipinski definition) is 1. The number of methoxy groups -OCH3 is 2. The van der Waals surface area contributed by atoms with Gasteiger partial charge in [-0.1, -0.05) is 0 Å². The van der Waals surface area contributed by atoms with Crippen LogP contribution in [0.15, 0.2) is 6.07 Å². The van der Waals surface area contributed by atoms with Crippen LogP contribution in [-0.4, -0.2) is 68.8 Å². The molecule has 1 amide bonds. The predicted molar refractivity (Wildman–Crippen MR) is 88.5 cm³/mol. The van der Waals surface area contributed by atoms with Crippen molar-refractivity contribution in [2.24, 2.45) is 5.73 Å². The normalized spacial score (nSPS) is 15.1. The maximum Gasteiger partial charge on any atom is 0.323 e. The standard InChI is InChI=1S/C14H23N3O7S/c1-6-23-14(2,8-25(5,19)20)11(12(15)18)24-13-16-9(21-3)7-10(17-13)22-4/h7,11H,6,8H2,1-5H3,(H2,15,18). The van der Waals surface area contributed by atoms with Crippen LogP contribution in [0.1, 0.15) is 13.8 Å². The Kier molecular flexibility index (Phi) is 6.94. The van der Waals surface area contributed by atoms with E-state index in [1.54, 1.807) is 6.92 Å². The SMILES string of the molecule is CCOC(C)(CS(C)(=O)=O)C(Oc1nc(OC)cc(OC)n1)C(N)=O. The van der Waals surface area contributed by atoms with Gasteiger partial charge in [0.05, 0.1) is 26.0 Å². The van der Waals surface area contributed by atoms with E-state index in [-0.39, 0.29) is 24.4 Å². The summed E-state index contributed by atoms with van der Waals surface area (Å²) in [6.45, 7) is 3.22. The average molecular weight is 377 g/mol. The van der Waals surface area contributed by atoms with E-state index in [2.05, 4.69) is 9.97 Å². The fourth-order valence-corrected chi connectivity index (χ4v) is 3.55. The topological polar surface area (TPSA) is 140 Å². The Morgan fingerprint density at radius 1 is 1.28 bits per heavy atom. The zero-order chi connectivity index (χ0) is 19.3. The number of nitrogens with zero attached hydrogens (tertiary/aromatic N) is 2. The lowest BCUT2D eigenvalue weighted by molar-refractivity contribution is -0.142. The summed E-state index contributed by atoms with van der Waals surface area (Å²) >= 11 is 0. The van der Waals surface area contributed by atoms with E-state index in [9.17, 15) is 13.2 Å². The van der Waals surface area contributed by atoms with Crippen LogP contribution in [0.25, 0.3) is 0 Å². The molecule has 0 aliphatic heterocycles. The largest absolute Gasteiger partial charge is 0.481 e. The molecule has 0 radical (unpaired) electrons. The van der Waals surface area contributed by atoms with Gasteiger partial charge in [-0.05, 0) is 13.8 Å². The molecule has 10 nitrogen and oxygen atoms in total. The summed E-state index contributed by atoms with van der Waals surface area (Å²) in [6.07, 6.45) is -0.438. The van der Waals surface area contributed by atoms with E-state index < -0.39 is 33.2 Å². The molecule has 0 aromatic carbocycles. The fourth-order valence-electron chi connectivity index (χ4n) is 2.28. The highest BCUT2D eigenvalue weighted by Crippen LogP contribution is 2.25. The van der Waals surface area contributed by atoms with Crippen molar-refractivity contribution >= 4 is 15.7 Å². The zero-order valence-electron chi connectivity index (χ0n) is 14.8. The first-order valence-electron chi connectivity index (χ1n) is 7.29. The van der Waals surface area contributed by atoms with E-state index in [0.29, 0.717) is 0 Å². The molecule has 0 spiro atoms. The van der Waals surface area contributed by atoms with Gasteiger partial charge in [0.2, 0.25) is 17.9 Å². The number of carbonyl (C=O) groups is 1. The van der Waals surface area contributed by atoms with Gasteiger partial charge in [0.15, 0.2) is 0 Å². The molecule has 25 heavy (non-hydrogen) atoms. The number of amides is 1. The lowest BCUT2D eigenvalue weighted by Gasteiger charge is -2.34. The second-order valence-corrected chi connectivity index (χ2v) is 7.59. The fraction of sp³-hybridized carbons (Fsp3) is 0.643. The first-order valence-corrected chi connectivity index (χ1v) is 9.35. The van der Waals surface area contributed by atoms with E-state index in [1.807, 2.05) is 0 Å². The molecule has 2 atom stereocenters. The second-order valence-electron chi connectivity index (χ2n) is 5.45. The van der Waals surface area contributed by atoms with Crippen LogP contribution in [0, 0.1) is 0 Å². The summed E-state index contributed by atoms with van der Waals surface area (Å²) in [5.41, 5.74) is 3.87. The summed E-state index contributed by atoms with van der Waals surface area (Å²) in [5, 5.41) is 0. The van der Waals surface area contributed by atoms with Gasteiger partial charge in [0.1, 0.15) is 15.4 Å². The van der Waals surface area contributed by atoms with Crippen molar-refractivity contribution in [3.63, 3.8) is 0 Å². The molecule has 0 saturated heterocycles. The molecule has 1 aromatic rings. The quantitative estimate of drug-likeness (QED) is 0.575. The van der Waals surface area contributed by atoms with E-state index in [4.69, 9.17) is 24.7 Å². The van der Waals surface area contributed by atoms with Crippen molar-refractivity contribution in [2.75, 3.05) is 32.8 Å². The Morgan fingerprint density at radius 2 is 1.80 bits per heavy atom. The minimum Gasteiger partial charge on any atom is -0.481 e. The van der Waals surface area contributed by atoms with Crippen LogP contribution >= 0.6 is 0 Å². The minimum atomic E-state index is -3.50. The Morgan fingerprint density at radius 3 is 2.16 bits per heavy atom. The summed E-state index contributed by atoms with van der Waals surface area (Å²) in [7, 11) is -0.743. The Labute approximate surface area is 146 Å². The van der Waals surface area contributed by atoms with Gasteiger partial charge in [-0.3, -0.25) is 4.79 Å². The van der Waals surface area contributed by atoms with Gasteiger partial charge < -0.3 is 24.7 Å². The number of rotatable bonds is 10. The number of aromatic nitrogens is 2. The second kappa shape index (κ2) is 8.30. The van der Waals surface area contributed by atoms with Crippen molar-refractivity contribution in [1.29, 1.82) is 0 Å². The van der Waals surface area contributed by atoms with Gasteiger partial charge in [-0.2, -0.15) is 9.97 Å². The highest BCUT2D eigenvalue weighted by atomic mass is 32.2. The van der Waals surface area contributed by atoms with Crippen molar-refractivity contribution < 1.29 is 32.2 Å².